The van der Waals surface area contributed by atoms with Gasteiger partial charge >= 0.3 is 5.97 Å². The summed E-state index contributed by atoms with van der Waals surface area (Å²) >= 11 is 0. The summed E-state index contributed by atoms with van der Waals surface area (Å²) in [6.07, 6.45) is 6.81. The highest BCUT2D eigenvalue weighted by Gasteiger charge is 2.32. The van der Waals surface area contributed by atoms with Gasteiger partial charge in [0, 0.05) is 11.1 Å². The van der Waals surface area contributed by atoms with Crippen LogP contribution in [-0.4, -0.2) is 5.97 Å². The van der Waals surface area contributed by atoms with Crippen LogP contribution in [0.3, 0.4) is 0 Å². The van der Waals surface area contributed by atoms with Crippen molar-refractivity contribution in [2.45, 2.75) is 52.4 Å². The topological polar surface area (TPSA) is 26.3 Å². The van der Waals surface area contributed by atoms with E-state index in [0.29, 0.717) is 11.7 Å². The summed E-state index contributed by atoms with van der Waals surface area (Å²) in [6.45, 7) is 4.39. The monoisotopic (exact) mass is 360 g/mol. The van der Waals surface area contributed by atoms with Gasteiger partial charge in [0.1, 0.15) is 5.75 Å². The Hall–Kier alpha value is -2.53. The first-order valence-electron chi connectivity index (χ1n) is 10.1. The van der Waals surface area contributed by atoms with Crippen molar-refractivity contribution in [1.29, 1.82) is 0 Å². The molecular weight excluding hydrogens is 332 g/mol. The minimum atomic E-state index is -0.106. The van der Waals surface area contributed by atoms with E-state index in [0.717, 1.165) is 30.4 Å². The van der Waals surface area contributed by atoms with Crippen LogP contribution in [0.5, 0.6) is 5.75 Å². The summed E-state index contributed by atoms with van der Waals surface area (Å²) in [5.41, 5.74) is 3.31. The van der Waals surface area contributed by atoms with Gasteiger partial charge in [-0.25, -0.2) is 0 Å². The van der Waals surface area contributed by atoms with E-state index in [1.54, 1.807) is 0 Å². The Balaban J connectivity index is 1.53. The van der Waals surface area contributed by atoms with Crippen molar-refractivity contribution in [2.24, 2.45) is 11.8 Å². The van der Waals surface area contributed by atoms with Crippen molar-refractivity contribution >= 4 is 5.97 Å². The lowest BCUT2D eigenvalue weighted by atomic mass is 9.76. The van der Waals surface area contributed by atoms with Gasteiger partial charge in [-0.3, -0.25) is 4.79 Å². The molecule has 2 nitrogen and oxygen atoms in total. The quantitative estimate of drug-likeness (QED) is 0.283. The fourth-order valence-corrected chi connectivity index (χ4v) is 3.38. The highest BCUT2D eigenvalue weighted by atomic mass is 16.5. The van der Waals surface area contributed by atoms with Crippen LogP contribution in [-0.2, 0) is 11.2 Å². The lowest BCUT2D eigenvalue weighted by molar-refractivity contribution is -0.143. The number of carbonyl (C=O) groups is 1. The normalized spacial score (nSPS) is 18.1. The summed E-state index contributed by atoms with van der Waals surface area (Å²) in [5, 5.41) is 0. The summed E-state index contributed by atoms with van der Waals surface area (Å²) in [4.78, 5) is 12.0. The molecule has 140 valence electrons. The predicted octanol–water partition coefficient (Wildman–Crippen LogP) is 5.77. The van der Waals surface area contributed by atoms with Gasteiger partial charge in [-0.05, 0) is 73.6 Å². The number of benzene rings is 2. The molecule has 0 radical (unpaired) electrons. The fraction of sp³-hybridized carbons (Fsp3) is 0.400. The molecule has 0 N–H and O–H groups in total. The van der Waals surface area contributed by atoms with Gasteiger partial charge in [-0.15, -0.1) is 0 Å². The molecule has 2 heteroatoms. The van der Waals surface area contributed by atoms with E-state index in [9.17, 15) is 4.79 Å². The SMILES string of the molecule is CCCCCc1ccc(C#Cc2ccc(OC(=O)C3CC(C)C3)cc2)cc1. The van der Waals surface area contributed by atoms with Gasteiger partial charge in [0.2, 0.25) is 0 Å². The maximum Gasteiger partial charge on any atom is 0.314 e. The maximum atomic E-state index is 12.0. The average molecular weight is 360 g/mol. The van der Waals surface area contributed by atoms with Crippen molar-refractivity contribution in [2.75, 3.05) is 0 Å². The minimum absolute atomic E-state index is 0.0735. The molecule has 2 aromatic carbocycles. The first-order valence-corrected chi connectivity index (χ1v) is 10.1. The number of esters is 1. The summed E-state index contributed by atoms with van der Waals surface area (Å²) in [7, 11) is 0. The zero-order valence-corrected chi connectivity index (χ0v) is 16.3. The van der Waals surface area contributed by atoms with E-state index in [1.165, 1.54) is 24.8 Å². The van der Waals surface area contributed by atoms with Gasteiger partial charge in [-0.2, -0.15) is 0 Å². The number of hydrogen-bond acceptors (Lipinski definition) is 2. The van der Waals surface area contributed by atoms with Crippen molar-refractivity contribution in [3.8, 4) is 17.6 Å². The van der Waals surface area contributed by atoms with E-state index in [-0.39, 0.29) is 11.9 Å². The first kappa shape index (κ1) is 19.2. The predicted molar refractivity (Wildman–Crippen MR) is 110 cm³/mol. The van der Waals surface area contributed by atoms with E-state index in [4.69, 9.17) is 4.74 Å². The molecule has 1 saturated carbocycles. The smallest absolute Gasteiger partial charge is 0.314 e. The number of hydrogen-bond donors (Lipinski definition) is 0. The van der Waals surface area contributed by atoms with Crippen LogP contribution in [0.4, 0.5) is 0 Å². The van der Waals surface area contributed by atoms with Crippen molar-refractivity contribution < 1.29 is 9.53 Å². The highest BCUT2D eigenvalue weighted by molar-refractivity contribution is 5.76. The second-order valence-electron chi connectivity index (χ2n) is 7.62. The number of unbranched alkanes of at least 4 members (excludes halogenated alkanes) is 2. The summed E-state index contributed by atoms with van der Waals surface area (Å²) in [5.74, 6) is 7.58. The molecule has 0 saturated heterocycles. The van der Waals surface area contributed by atoms with Crippen molar-refractivity contribution in [3.63, 3.8) is 0 Å². The molecule has 3 rings (SSSR count). The third-order valence-corrected chi connectivity index (χ3v) is 5.15. The van der Waals surface area contributed by atoms with Crippen LogP contribution in [0.15, 0.2) is 48.5 Å². The third-order valence-electron chi connectivity index (χ3n) is 5.15. The number of rotatable bonds is 6. The van der Waals surface area contributed by atoms with Crippen LogP contribution < -0.4 is 4.74 Å². The molecule has 0 unspecified atom stereocenters. The molecule has 0 atom stereocenters. The molecule has 0 amide bonds. The minimum Gasteiger partial charge on any atom is -0.426 e. The van der Waals surface area contributed by atoms with Crippen LogP contribution in [0, 0.1) is 23.7 Å². The van der Waals surface area contributed by atoms with Gasteiger partial charge in [0.05, 0.1) is 5.92 Å². The Morgan fingerprint density at radius 2 is 1.56 bits per heavy atom. The van der Waals surface area contributed by atoms with Gasteiger partial charge < -0.3 is 4.74 Å². The molecule has 27 heavy (non-hydrogen) atoms. The molecule has 2 aromatic rings. The van der Waals surface area contributed by atoms with Crippen LogP contribution in [0.1, 0.15) is 62.6 Å². The molecule has 1 aliphatic rings. The summed E-state index contributed by atoms with van der Waals surface area (Å²) in [6, 6.07) is 16.0. The summed E-state index contributed by atoms with van der Waals surface area (Å²) < 4.78 is 5.45. The largest absolute Gasteiger partial charge is 0.426 e. The zero-order chi connectivity index (χ0) is 19.1. The Labute approximate surface area is 163 Å². The number of aryl methyl sites for hydroxylation is 1. The lowest BCUT2D eigenvalue weighted by Gasteiger charge is -2.30. The molecule has 0 bridgehead atoms. The van der Waals surface area contributed by atoms with Crippen molar-refractivity contribution in [1.82, 2.24) is 0 Å². The Kier molecular flexibility index (Phi) is 6.71. The van der Waals surface area contributed by atoms with E-state index in [1.807, 2.05) is 24.3 Å². The highest BCUT2D eigenvalue weighted by Crippen LogP contribution is 2.34. The maximum absolute atomic E-state index is 12.0. The second-order valence-corrected chi connectivity index (χ2v) is 7.62. The molecule has 1 aliphatic carbocycles. The fourth-order valence-electron chi connectivity index (χ4n) is 3.38. The van der Waals surface area contributed by atoms with Crippen LogP contribution in [0.2, 0.25) is 0 Å². The molecular formula is C25H28O2. The van der Waals surface area contributed by atoms with E-state index >= 15 is 0 Å². The first-order chi connectivity index (χ1) is 13.1. The Bertz CT molecular complexity index is 800. The number of carbonyl (C=O) groups excluding carboxylic acids is 1. The van der Waals surface area contributed by atoms with Gasteiger partial charge in [0.25, 0.3) is 0 Å². The van der Waals surface area contributed by atoms with E-state index in [2.05, 4.69) is 50.0 Å². The van der Waals surface area contributed by atoms with Gasteiger partial charge in [0.15, 0.2) is 0 Å². The Morgan fingerprint density at radius 3 is 2.11 bits per heavy atom. The third kappa shape index (κ3) is 5.73. The molecule has 0 heterocycles. The molecule has 1 fully saturated rings. The average Bonchev–Trinajstić information content (AvgIpc) is 2.66. The van der Waals surface area contributed by atoms with Gasteiger partial charge in [-0.1, -0.05) is 50.7 Å². The standard InChI is InChI=1S/C25H28O2/c1-3-4-5-6-20-7-9-21(10-8-20)11-12-22-13-15-24(16-14-22)27-25(26)23-17-19(2)18-23/h7-10,13-16,19,23H,3-6,17-18H2,1-2H3. The lowest BCUT2D eigenvalue weighted by Crippen LogP contribution is -2.31. The van der Waals surface area contributed by atoms with Crippen molar-refractivity contribution in [3.05, 3.63) is 65.2 Å². The van der Waals surface area contributed by atoms with E-state index < -0.39 is 0 Å². The Morgan fingerprint density at radius 1 is 0.963 bits per heavy atom. The number of ether oxygens (including phenoxy) is 1. The van der Waals surface area contributed by atoms with Crippen LogP contribution in [0.25, 0.3) is 0 Å². The zero-order valence-electron chi connectivity index (χ0n) is 16.3. The molecule has 0 aromatic heterocycles. The van der Waals surface area contributed by atoms with Crippen LogP contribution >= 0.6 is 0 Å². The molecule has 0 aliphatic heterocycles. The molecule has 0 spiro atoms. The second kappa shape index (κ2) is 9.42.